The lowest BCUT2D eigenvalue weighted by atomic mass is 10.3. The maximum Gasteiger partial charge on any atom is 0.457 e. The SMILES string of the molecule is [CH3][Al]1[CH2]CCCC[O]1. The summed E-state index contributed by atoms with van der Waals surface area (Å²) in [4.78, 5) is 0. The van der Waals surface area contributed by atoms with Gasteiger partial charge >= 0.3 is 14.5 Å². The summed E-state index contributed by atoms with van der Waals surface area (Å²) in [6.07, 6.45) is 4.13. The average molecular weight is 128 g/mol. The van der Waals surface area contributed by atoms with Gasteiger partial charge in [-0.1, -0.05) is 23.9 Å². The third kappa shape index (κ3) is 2.17. The van der Waals surface area contributed by atoms with E-state index >= 15 is 0 Å². The summed E-state index contributed by atoms with van der Waals surface area (Å²) in [5.74, 6) is 2.30. The van der Waals surface area contributed by atoms with Gasteiger partial charge in [0.25, 0.3) is 0 Å². The van der Waals surface area contributed by atoms with Crippen LogP contribution < -0.4 is 0 Å². The standard InChI is InChI=1S/C5H10O.CH3.Al/c1-2-3-4-5-6;;/h1-5H2;1H3;/q-1;;+1. The molecule has 1 saturated heterocycles. The van der Waals surface area contributed by atoms with Crippen molar-refractivity contribution in [3.8, 4) is 0 Å². The first-order chi connectivity index (χ1) is 3.89. The Bertz CT molecular complexity index is 57.5. The average Bonchev–Trinajstić information content (AvgIpc) is 1.94. The van der Waals surface area contributed by atoms with Crippen molar-refractivity contribution in [1.82, 2.24) is 0 Å². The number of hydrogen-bond acceptors (Lipinski definition) is 1. The minimum absolute atomic E-state index is 0.640. The first kappa shape index (κ1) is 6.61. The molecule has 1 aliphatic rings. The van der Waals surface area contributed by atoms with Crippen LogP contribution in [0.25, 0.3) is 0 Å². The monoisotopic (exact) mass is 128 g/mol. The first-order valence-corrected chi connectivity index (χ1v) is 5.95. The molecule has 1 rings (SSSR count). The summed E-state index contributed by atoms with van der Waals surface area (Å²) in [6, 6.07) is 0. The Hall–Kier alpha value is 0.492. The van der Waals surface area contributed by atoms with E-state index < -0.39 is 14.5 Å². The Morgan fingerprint density at radius 2 is 2.12 bits per heavy atom. The van der Waals surface area contributed by atoms with Crippen LogP contribution in [-0.2, 0) is 3.79 Å². The van der Waals surface area contributed by atoms with Crippen molar-refractivity contribution in [3.63, 3.8) is 0 Å². The van der Waals surface area contributed by atoms with E-state index in [0.29, 0.717) is 0 Å². The molecule has 1 heterocycles. The van der Waals surface area contributed by atoms with Gasteiger partial charge in [-0.15, -0.1) is 0 Å². The van der Waals surface area contributed by atoms with Crippen LogP contribution in [0.15, 0.2) is 0 Å². The second-order valence-electron chi connectivity index (χ2n) is 2.53. The Morgan fingerprint density at radius 1 is 1.25 bits per heavy atom. The second kappa shape index (κ2) is 3.50. The molecular weight excluding hydrogens is 115 g/mol. The number of rotatable bonds is 0. The molecule has 0 atom stereocenters. The topological polar surface area (TPSA) is 9.23 Å². The highest BCUT2D eigenvalue weighted by Gasteiger charge is 2.14. The smallest absolute Gasteiger partial charge is 0.457 e. The van der Waals surface area contributed by atoms with Gasteiger partial charge in [-0.2, -0.15) is 0 Å². The predicted molar refractivity (Wildman–Crippen MR) is 36.2 cm³/mol. The van der Waals surface area contributed by atoms with E-state index in [1.54, 1.807) is 0 Å². The zero-order chi connectivity index (χ0) is 5.82. The van der Waals surface area contributed by atoms with Crippen LogP contribution in [0, 0.1) is 0 Å². The van der Waals surface area contributed by atoms with Crippen molar-refractivity contribution in [2.24, 2.45) is 0 Å². The minimum atomic E-state index is -0.640. The van der Waals surface area contributed by atoms with Gasteiger partial charge in [-0.25, -0.2) is 0 Å². The molecule has 0 N–H and O–H groups in total. The van der Waals surface area contributed by atoms with Crippen LogP contribution in [0.5, 0.6) is 0 Å². The third-order valence-electron chi connectivity index (χ3n) is 1.66. The zero-order valence-corrected chi connectivity index (χ0v) is 6.68. The summed E-state index contributed by atoms with van der Waals surface area (Å²) >= 11 is -0.640. The quantitative estimate of drug-likeness (QED) is 0.452. The van der Waals surface area contributed by atoms with Crippen LogP contribution in [0.4, 0.5) is 0 Å². The third-order valence-corrected chi connectivity index (χ3v) is 3.68. The molecule has 0 radical (unpaired) electrons. The van der Waals surface area contributed by atoms with E-state index in [2.05, 4.69) is 5.79 Å². The second-order valence-corrected chi connectivity index (χ2v) is 5.06. The van der Waals surface area contributed by atoms with Crippen LogP contribution in [0.1, 0.15) is 19.3 Å². The minimum Gasteiger partial charge on any atom is -0.501 e. The highest BCUT2D eigenvalue weighted by atomic mass is 27.2. The lowest BCUT2D eigenvalue weighted by molar-refractivity contribution is 0.324. The largest absolute Gasteiger partial charge is 0.501 e. The van der Waals surface area contributed by atoms with Gasteiger partial charge in [-0.3, -0.25) is 0 Å². The van der Waals surface area contributed by atoms with Crippen molar-refractivity contribution < 1.29 is 3.79 Å². The normalized spacial score (nSPS) is 22.9. The van der Waals surface area contributed by atoms with Gasteiger partial charge in [0.05, 0.1) is 0 Å². The fourth-order valence-corrected chi connectivity index (χ4v) is 2.68. The first-order valence-electron chi connectivity index (χ1n) is 3.51. The van der Waals surface area contributed by atoms with Gasteiger partial charge < -0.3 is 3.79 Å². The predicted octanol–water partition coefficient (Wildman–Crippen LogP) is 1.81. The molecule has 8 heavy (non-hydrogen) atoms. The maximum absolute atomic E-state index is 5.54. The summed E-state index contributed by atoms with van der Waals surface area (Å²) in [7, 11) is 0. The van der Waals surface area contributed by atoms with Crippen molar-refractivity contribution in [2.45, 2.75) is 30.3 Å². The van der Waals surface area contributed by atoms with Crippen molar-refractivity contribution in [2.75, 3.05) is 6.61 Å². The molecule has 0 bridgehead atoms. The molecule has 0 aromatic rings. The summed E-state index contributed by atoms with van der Waals surface area (Å²) < 4.78 is 5.54. The molecule has 0 saturated carbocycles. The van der Waals surface area contributed by atoms with E-state index in [9.17, 15) is 0 Å². The molecule has 46 valence electrons. The van der Waals surface area contributed by atoms with Crippen molar-refractivity contribution in [1.29, 1.82) is 0 Å². The molecule has 1 fully saturated rings. The fourth-order valence-electron chi connectivity index (χ4n) is 1.08. The molecule has 2 heteroatoms. The Morgan fingerprint density at radius 3 is 3.00 bits per heavy atom. The Labute approximate surface area is 55.8 Å². The molecule has 1 aliphatic heterocycles. The summed E-state index contributed by atoms with van der Waals surface area (Å²) in [6.45, 7) is 1.05. The molecule has 1 nitrogen and oxygen atoms in total. The summed E-state index contributed by atoms with van der Waals surface area (Å²) in [5.41, 5.74) is 0. The highest BCUT2D eigenvalue weighted by Crippen LogP contribution is 2.10. The molecule has 0 unspecified atom stereocenters. The van der Waals surface area contributed by atoms with Crippen LogP contribution in [0.3, 0.4) is 0 Å². The lowest BCUT2D eigenvalue weighted by Crippen LogP contribution is -2.10. The Kier molecular flexibility index (Phi) is 2.90. The van der Waals surface area contributed by atoms with Gasteiger partial charge in [0.1, 0.15) is 0 Å². The molecule has 0 aromatic carbocycles. The van der Waals surface area contributed by atoms with Crippen LogP contribution in [-0.4, -0.2) is 21.1 Å². The maximum atomic E-state index is 5.54. The van der Waals surface area contributed by atoms with E-state index in [0.717, 1.165) is 6.61 Å². The molecular formula is C6H13AlO. The molecule has 0 amide bonds. The lowest BCUT2D eigenvalue weighted by Gasteiger charge is -1.99. The van der Waals surface area contributed by atoms with Crippen molar-refractivity contribution >= 4 is 14.5 Å². The van der Waals surface area contributed by atoms with E-state index in [1.165, 1.54) is 24.5 Å². The van der Waals surface area contributed by atoms with Crippen molar-refractivity contribution in [3.05, 3.63) is 0 Å². The van der Waals surface area contributed by atoms with Gasteiger partial charge in [0.15, 0.2) is 0 Å². The molecule has 0 aromatic heterocycles. The van der Waals surface area contributed by atoms with Gasteiger partial charge in [0.2, 0.25) is 0 Å². The van der Waals surface area contributed by atoms with E-state index in [4.69, 9.17) is 3.79 Å². The van der Waals surface area contributed by atoms with Gasteiger partial charge in [0, 0.05) is 6.61 Å². The van der Waals surface area contributed by atoms with Gasteiger partial charge in [-0.05, 0) is 6.42 Å². The zero-order valence-electron chi connectivity index (χ0n) is 5.52. The van der Waals surface area contributed by atoms with Crippen LogP contribution >= 0.6 is 0 Å². The number of hydrogen-bond donors (Lipinski definition) is 0. The van der Waals surface area contributed by atoms with E-state index in [1.807, 2.05) is 0 Å². The molecule has 0 spiro atoms. The molecule has 0 aliphatic carbocycles. The Balaban J connectivity index is 2.17. The van der Waals surface area contributed by atoms with E-state index in [-0.39, 0.29) is 0 Å². The fraction of sp³-hybridized carbons (Fsp3) is 1.00. The van der Waals surface area contributed by atoms with Crippen LogP contribution in [0.2, 0.25) is 11.1 Å². The highest BCUT2D eigenvalue weighted by molar-refractivity contribution is 6.50. The summed E-state index contributed by atoms with van der Waals surface area (Å²) in [5, 5.41) is 1.40.